The molecule has 3 heterocycles. The molecule has 0 saturated heterocycles. The van der Waals surface area contributed by atoms with Gasteiger partial charge in [-0.2, -0.15) is 0 Å². The van der Waals surface area contributed by atoms with E-state index in [1.54, 1.807) is 24.3 Å². The number of thioether (sulfide) groups is 1. The zero-order chi connectivity index (χ0) is 21.9. The quantitative estimate of drug-likeness (QED) is 0.386. The SMILES string of the molecule is O=C(CSc1nnc(-c2ccc3c(c2)OCO3)o1)NCc1ccc(-c2ccc(Cl)cc2)o1. The molecular weight excluding hydrogens is 454 g/mol. The summed E-state index contributed by atoms with van der Waals surface area (Å²) in [7, 11) is 0. The molecule has 5 rings (SSSR count). The maximum absolute atomic E-state index is 12.2. The van der Waals surface area contributed by atoms with E-state index in [2.05, 4.69) is 15.5 Å². The molecular formula is C22H16ClN3O5S. The Morgan fingerprint density at radius 2 is 1.78 bits per heavy atom. The smallest absolute Gasteiger partial charge is 0.277 e. The Morgan fingerprint density at radius 1 is 0.969 bits per heavy atom. The molecule has 1 aliphatic heterocycles. The molecule has 2 aromatic heterocycles. The molecule has 32 heavy (non-hydrogen) atoms. The summed E-state index contributed by atoms with van der Waals surface area (Å²) in [6.45, 7) is 0.471. The molecule has 2 aromatic carbocycles. The summed E-state index contributed by atoms with van der Waals surface area (Å²) in [6, 6.07) is 16.4. The van der Waals surface area contributed by atoms with Crippen molar-refractivity contribution in [1.29, 1.82) is 0 Å². The Hall–Kier alpha value is -3.43. The number of hydrogen-bond acceptors (Lipinski definition) is 8. The fourth-order valence-corrected chi connectivity index (χ4v) is 3.74. The largest absolute Gasteiger partial charge is 0.459 e. The van der Waals surface area contributed by atoms with Gasteiger partial charge in [0.25, 0.3) is 5.22 Å². The molecule has 0 bridgehead atoms. The number of halogens is 1. The van der Waals surface area contributed by atoms with E-state index in [-0.39, 0.29) is 25.0 Å². The van der Waals surface area contributed by atoms with E-state index < -0.39 is 0 Å². The van der Waals surface area contributed by atoms with Gasteiger partial charge in [0, 0.05) is 16.1 Å². The molecule has 0 unspecified atom stereocenters. The summed E-state index contributed by atoms with van der Waals surface area (Å²) >= 11 is 7.07. The number of rotatable bonds is 7. The van der Waals surface area contributed by atoms with E-state index in [1.165, 1.54) is 0 Å². The van der Waals surface area contributed by atoms with Crippen molar-refractivity contribution in [2.75, 3.05) is 12.5 Å². The fraction of sp³-hybridized carbons (Fsp3) is 0.136. The van der Waals surface area contributed by atoms with Gasteiger partial charge in [-0.25, -0.2) is 0 Å². The summed E-state index contributed by atoms with van der Waals surface area (Å²) in [5.41, 5.74) is 1.63. The van der Waals surface area contributed by atoms with Crippen molar-refractivity contribution in [3.63, 3.8) is 0 Å². The lowest BCUT2D eigenvalue weighted by atomic mass is 10.2. The lowest BCUT2D eigenvalue weighted by Crippen LogP contribution is -2.24. The van der Waals surface area contributed by atoms with E-state index in [0.717, 1.165) is 17.3 Å². The van der Waals surface area contributed by atoms with Gasteiger partial charge in [-0.1, -0.05) is 23.4 Å². The van der Waals surface area contributed by atoms with Crippen molar-refractivity contribution in [2.24, 2.45) is 0 Å². The standard InChI is InChI=1S/C22H16ClN3O5S/c23-15-4-1-13(2-5-15)17-8-6-16(30-17)10-24-20(27)11-32-22-26-25-21(31-22)14-3-7-18-19(9-14)29-12-28-18/h1-9H,10-12H2,(H,24,27). The molecule has 1 amide bonds. The van der Waals surface area contributed by atoms with E-state index in [9.17, 15) is 4.79 Å². The third-order valence-electron chi connectivity index (χ3n) is 4.60. The second-order valence-electron chi connectivity index (χ2n) is 6.78. The van der Waals surface area contributed by atoms with Crippen LogP contribution in [0.15, 0.2) is 68.7 Å². The highest BCUT2D eigenvalue weighted by Gasteiger charge is 2.17. The number of amides is 1. The number of furan rings is 1. The van der Waals surface area contributed by atoms with Gasteiger partial charge >= 0.3 is 0 Å². The van der Waals surface area contributed by atoms with Crippen LogP contribution in [0.2, 0.25) is 5.02 Å². The third kappa shape index (κ3) is 4.58. The Bertz CT molecular complexity index is 1250. The molecule has 0 atom stereocenters. The molecule has 0 spiro atoms. The maximum atomic E-state index is 12.2. The number of ether oxygens (including phenoxy) is 2. The van der Waals surface area contributed by atoms with Gasteiger partial charge in [-0.15, -0.1) is 10.2 Å². The minimum atomic E-state index is -0.178. The summed E-state index contributed by atoms with van der Waals surface area (Å²) in [5.74, 6) is 2.97. The third-order valence-corrected chi connectivity index (χ3v) is 5.67. The topological polar surface area (TPSA) is 99.6 Å². The zero-order valence-corrected chi connectivity index (χ0v) is 18.1. The molecule has 1 N–H and O–H groups in total. The van der Waals surface area contributed by atoms with Crippen molar-refractivity contribution >= 4 is 29.3 Å². The first-order valence-electron chi connectivity index (χ1n) is 9.62. The Balaban J connectivity index is 1.12. The molecule has 10 heteroatoms. The molecule has 0 aliphatic carbocycles. The minimum absolute atomic E-state index is 0.132. The van der Waals surface area contributed by atoms with E-state index >= 15 is 0 Å². The Morgan fingerprint density at radius 3 is 2.66 bits per heavy atom. The normalized spacial score (nSPS) is 12.2. The van der Waals surface area contributed by atoms with Crippen LogP contribution in [0.5, 0.6) is 11.5 Å². The van der Waals surface area contributed by atoms with Crippen LogP contribution in [-0.4, -0.2) is 28.7 Å². The second-order valence-corrected chi connectivity index (χ2v) is 8.14. The van der Waals surface area contributed by atoms with E-state index in [4.69, 9.17) is 29.9 Å². The first-order valence-corrected chi connectivity index (χ1v) is 11.0. The number of nitrogens with one attached hydrogen (secondary N) is 1. The number of carbonyl (C=O) groups excluding carboxylic acids is 1. The predicted molar refractivity (Wildman–Crippen MR) is 118 cm³/mol. The number of benzene rings is 2. The fourth-order valence-electron chi connectivity index (χ4n) is 3.02. The summed E-state index contributed by atoms with van der Waals surface area (Å²) in [6.07, 6.45) is 0. The molecule has 0 radical (unpaired) electrons. The van der Waals surface area contributed by atoms with Crippen LogP contribution in [0, 0.1) is 0 Å². The van der Waals surface area contributed by atoms with Crippen LogP contribution in [0.25, 0.3) is 22.8 Å². The highest BCUT2D eigenvalue weighted by atomic mass is 35.5. The van der Waals surface area contributed by atoms with Gasteiger partial charge in [0.1, 0.15) is 11.5 Å². The number of hydrogen-bond donors (Lipinski definition) is 1. The lowest BCUT2D eigenvalue weighted by molar-refractivity contribution is -0.118. The van der Waals surface area contributed by atoms with Gasteiger partial charge in [0.05, 0.1) is 12.3 Å². The first kappa shape index (κ1) is 20.5. The summed E-state index contributed by atoms with van der Waals surface area (Å²) in [5, 5.41) is 11.8. The highest BCUT2D eigenvalue weighted by Crippen LogP contribution is 2.36. The van der Waals surface area contributed by atoms with Crippen molar-refractivity contribution in [3.05, 3.63) is 65.4 Å². The van der Waals surface area contributed by atoms with Crippen LogP contribution in [-0.2, 0) is 11.3 Å². The highest BCUT2D eigenvalue weighted by molar-refractivity contribution is 7.99. The number of carbonyl (C=O) groups is 1. The Kier molecular flexibility index (Phi) is 5.74. The predicted octanol–water partition coefficient (Wildman–Crippen LogP) is 4.79. The van der Waals surface area contributed by atoms with Gasteiger partial charge in [0.2, 0.25) is 18.6 Å². The van der Waals surface area contributed by atoms with E-state index in [1.807, 2.05) is 30.3 Å². The van der Waals surface area contributed by atoms with Crippen molar-refractivity contribution < 1.29 is 23.1 Å². The Labute approximate surface area is 191 Å². The van der Waals surface area contributed by atoms with E-state index in [0.29, 0.717) is 44.7 Å². The monoisotopic (exact) mass is 469 g/mol. The maximum Gasteiger partial charge on any atom is 0.277 e. The molecule has 0 saturated carbocycles. The summed E-state index contributed by atoms with van der Waals surface area (Å²) in [4.78, 5) is 12.2. The van der Waals surface area contributed by atoms with Crippen molar-refractivity contribution in [2.45, 2.75) is 11.8 Å². The second kappa shape index (κ2) is 8.97. The molecule has 162 valence electrons. The van der Waals surface area contributed by atoms with Crippen LogP contribution in [0.3, 0.4) is 0 Å². The molecule has 0 fully saturated rings. The average Bonchev–Trinajstić information content (AvgIpc) is 3.57. The minimum Gasteiger partial charge on any atom is -0.459 e. The van der Waals surface area contributed by atoms with Crippen molar-refractivity contribution in [1.82, 2.24) is 15.5 Å². The number of aromatic nitrogens is 2. The zero-order valence-electron chi connectivity index (χ0n) is 16.5. The lowest BCUT2D eigenvalue weighted by Gasteiger charge is -2.02. The van der Waals surface area contributed by atoms with Gasteiger partial charge in [0.15, 0.2) is 11.5 Å². The van der Waals surface area contributed by atoms with Crippen molar-refractivity contribution in [3.8, 4) is 34.3 Å². The molecule has 1 aliphatic rings. The number of fused-ring (bicyclic) bond motifs is 1. The molecule has 8 nitrogen and oxygen atoms in total. The van der Waals surface area contributed by atoms with Crippen LogP contribution in [0.1, 0.15) is 5.76 Å². The van der Waals surface area contributed by atoms with Gasteiger partial charge < -0.3 is 23.6 Å². The van der Waals surface area contributed by atoms with Crippen LogP contribution >= 0.6 is 23.4 Å². The first-order chi connectivity index (χ1) is 15.6. The van der Waals surface area contributed by atoms with Crippen LogP contribution < -0.4 is 14.8 Å². The average molecular weight is 470 g/mol. The van der Waals surface area contributed by atoms with Gasteiger partial charge in [-0.05, 0) is 54.6 Å². The van der Waals surface area contributed by atoms with Crippen LogP contribution in [0.4, 0.5) is 0 Å². The number of nitrogens with zero attached hydrogens (tertiary/aromatic N) is 2. The molecule has 4 aromatic rings. The summed E-state index contributed by atoms with van der Waals surface area (Å²) < 4.78 is 22.1. The van der Waals surface area contributed by atoms with Gasteiger partial charge in [-0.3, -0.25) is 4.79 Å².